The Hall–Kier alpha value is -2.62. The number of amides is 2. The molecule has 0 unspecified atom stereocenters. The second-order valence-electron chi connectivity index (χ2n) is 6.31. The van der Waals surface area contributed by atoms with E-state index in [2.05, 4.69) is 10.6 Å². The molecule has 2 N–H and O–H groups in total. The molecule has 0 aliphatic heterocycles. The predicted molar refractivity (Wildman–Crippen MR) is 97.1 cm³/mol. The minimum Gasteiger partial charge on any atom is -0.340 e. The molecule has 0 radical (unpaired) electrons. The summed E-state index contributed by atoms with van der Waals surface area (Å²) < 4.78 is 0. The molecule has 1 atom stereocenters. The first-order chi connectivity index (χ1) is 11.4. The Bertz CT molecular complexity index is 738. The van der Waals surface area contributed by atoms with Crippen molar-refractivity contribution in [3.8, 4) is 0 Å². The highest BCUT2D eigenvalue weighted by Gasteiger charge is 2.25. The SMILES string of the molecule is Cc1ccccc1NC(=O)[C@@H](NC(=O)c1ccccc1C)C(C)C. The van der Waals surface area contributed by atoms with Gasteiger partial charge in [0.25, 0.3) is 5.91 Å². The molecule has 0 fully saturated rings. The molecular formula is C20H24N2O2. The third-order valence-electron chi connectivity index (χ3n) is 4.03. The summed E-state index contributed by atoms with van der Waals surface area (Å²) in [5.74, 6) is -0.463. The summed E-state index contributed by atoms with van der Waals surface area (Å²) in [6, 6.07) is 14.3. The Labute approximate surface area is 143 Å². The lowest BCUT2D eigenvalue weighted by Gasteiger charge is -2.22. The molecule has 2 aromatic rings. The molecule has 0 aliphatic rings. The number of nitrogens with one attached hydrogen (secondary N) is 2. The van der Waals surface area contributed by atoms with Crippen LogP contribution in [0.5, 0.6) is 0 Å². The largest absolute Gasteiger partial charge is 0.340 e. The van der Waals surface area contributed by atoms with E-state index >= 15 is 0 Å². The van der Waals surface area contributed by atoms with Gasteiger partial charge in [0.15, 0.2) is 0 Å². The molecule has 2 aromatic carbocycles. The van der Waals surface area contributed by atoms with E-state index < -0.39 is 6.04 Å². The molecule has 4 heteroatoms. The fraction of sp³-hybridized carbons (Fsp3) is 0.300. The monoisotopic (exact) mass is 324 g/mol. The fourth-order valence-corrected chi connectivity index (χ4v) is 2.51. The van der Waals surface area contributed by atoms with Crippen LogP contribution >= 0.6 is 0 Å². The van der Waals surface area contributed by atoms with Crippen LogP contribution in [0.1, 0.15) is 35.3 Å². The molecule has 0 saturated heterocycles. The Kier molecular flexibility index (Phi) is 5.74. The van der Waals surface area contributed by atoms with Crippen LogP contribution in [0.25, 0.3) is 0 Å². The van der Waals surface area contributed by atoms with Gasteiger partial charge in [0, 0.05) is 11.3 Å². The molecule has 0 saturated carbocycles. The third-order valence-corrected chi connectivity index (χ3v) is 4.03. The Morgan fingerprint density at radius 3 is 2.04 bits per heavy atom. The van der Waals surface area contributed by atoms with E-state index in [0.717, 1.165) is 16.8 Å². The summed E-state index contributed by atoms with van der Waals surface area (Å²) in [5.41, 5.74) is 3.22. The maximum atomic E-state index is 12.6. The lowest BCUT2D eigenvalue weighted by molar-refractivity contribution is -0.118. The molecular weight excluding hydrogens is 300 g/mol. The average Bonchev–Trinajstić information content (AvgIpc) is 2.54. The van der Waals surface area contributed by atoms with Crippen LogP contribution in [0.4, 0.5) is 5.69 Å². The highest BCUT2D eigenvalue weighted by molar-refractivity contribution is 6.02. The number of carbonyl (C=O) groups excluding carboxylic acids is 2. The highest BCUT2D eigenvalue weighted by atomic mass is 16.2. The molecule has 0 heterocycles. The normalized spacial score (nSPS) is 11.9. The third kappa shape index (κ3) is 4.22. The summed E-state index contributed by atoms with van der Waals surface area (Å²) in [6.07, 6.45) is 0. The Morgan fingerprint density at radius 2 is 1.46 bits per heavy atom. The average molecular weight is 324 g/mol. The van der Waals surface area contributed by atoms with Gasteiger partial charge in [-0.15, -0.1) is 0 Å². The minimum absolute atomic E-state index is 0.0259. The number of hydrogen-bond donors (Lipinski definition) is 2. The number of rotatable bonds is 5. The van der Waals surface area contributed by atoms with E-state index in [4.69, 9.17) is 0 Å². The number of benzene rings is 2. The molecule has 2 rings (SSSR count). The van der Waals surface area contributed by atoms with E-state index in [1.807, 2.05) is 70.2 Å². The smallest absolute Gasteiger partial charge is 0.252 e. The van der Waals surface area contributed by atoms with Crippen LogP contribution in [0.15, 0.2) is 48.5 Å². The van der Waals surface area contributed by atoms with Crippen molar-refractivity contribution in [3.05, 3.63) is 65.2 Å². The minimum atomic E-state index is -0.600. The summed E-state index contributed by atoms with van der Waals surface area (Å²) in [4.78, 5) is 25.1. The molecule has 0 spiro atoms. The van der Waals surface area contributed by atoms with Crippen molar-refractivity contribution < 1.29 is 9.59 Å². The zero-order chi connectivity index (χ0) is 17.7. The van der Waals surface area contributed by atoms with Gasteiger partial charge in [-0.1, -0.05) is 50.2 Å². The first kappa shape index (κ1) is 17.7. The van der Waals surface area contributed by atoms with E-state index in [9.17, 15) is 9.59 Å². The molecule has 2 amide bonds. The van der Waals surface area contributed by atoms with Gasteiger partial charge >= 0.3 is 0 Å². The van der Waals surface area contributed by atoms with Crippen LogP contribution in [0.2, 0.25) is 0 Å². The highest BCUT2D eigenvalue weighted by Crippen LogP contribution is 2.15. The topological polar surface area (TPSA) is 58.2 Å². The van der Waals surface area contributed by atoms with Crippen LogP contribution < -0.4 is 10.6 Å². The molecule has 0 bridgehead atoms. The fourth-order valence-electron chi connectivity index (χ4n) is 2.51. The van der Waals surface area contributed by atoms with Crippen LogP contribution in [0, 0.1) is 19.8 Å². The molecule has 126 valence electrons. The van der Waals surface area contributed by atoms with Gasteiger partial charge in [0.05, 0.1) is 0 Å². The van der Waals surface area contributed by atoms with Crippen LogP contribution in [-0.2, 0) is 4.79 Å². The summed E-state index contributed by atoms with van der Waals surface area (Å²) in [6.45, 7) is 7.65. The lowest BCUT2D eigenvalue weighted by Crippen LogP contribution is -2.47. The number of hydrogen-bond acceptors (Lipinski definition) is 2. The van der Waals surface area contributed by atoms with Crippen molar-refractivity contribution in [3.63, 3.8) is 0 Å². The maximum absolute atomic E-state index is 12.6. The van der Waals surface area contributed by atoms with Crippen molar-refractivity contribution in [1.82, 2.24) is 5.32 Å². The Balaban J connectivity index is 2.15. The number of carbonyl (C=O) groups is 2. The van der Waals surface area contributed by atoms with Crippen LogP contribution in [0.3, 0.4) is 0 Å². The van der Waals surface area contributed by atoms with Gasteiger partial charge in [-0.25, -0.2) is 0 Å². The maximum Gasteiger partial charge on any atom is 0.252 e. The van der Waals surface area contributed by atoms with Crippen molar-refractivity contribution in [2.45, 2.75) is 33.7 Å². The first-order valence-electron chi connectivity index (χ1n) is 8.13. The summed E-state index contributed by atoms with van der Waals surface area (Å²) in [5, 5.41) is 5.77. The second-order valence-corrected chi connectivity index (χ2v) is 6.31. The number of aryl methyl sites for hydroxylation is 2. The summed E-state index contributed by atoms with van der Waals surface area (Å²) in [7, 11) is 0. The zero-order valence-electron chi connectivity index (χ0n) is 14.6. The van der Waals surface area contributed by atoms with Gasteiger partial charge in [-0.3, -0.25) is 9.59 Å². The van der Waals surface area contributed by atoms with Crippen LogP contribution in [-0.4, -0.2) is 17.9 Å². The molecule has 0 aromatic heterocycles. The molecule has 24 heavy (non-hydrogen) atoms. The standard InChI is InChI=1S/C20H24N2O2/c1-13(2)18(20(24)21-17-12-8-6-10-15(17)4)22-19(23)16-11-7-5-9-14(16)3/h5-13,18H,1-4H3,(H,21,24)(H,22,23)/t18-/m0/s1. The van der Waals surface area contributed by atoms with Crippen molar-refractivity contribution in [2.75, 3.05) is 5.32 Å². The van der Waals surface area contributed by atoms with E-state index in [1.54, 1.807) is 6.07 Å². The van der Waals surface area contributed by atoms with Crippen molar-refractivity contribution in [2.24, 2.45) is 5.92 Å². The quantitative estimate of drug-likeness (QED) is 0.881. The Morgan fingerprint density at radius 1 is 0.875 bits per heavy atom. The van der Waals surface area contributed by atoms with Crippen molar-refractivity contribution >= 4 is 17.5 Å². The zero-order valence-corrected chi connectivity index (χ0v) is 14.6. The number of para-hydroxylation sites is 1. The predicted octanol–water partition coefficient (Wildman–Crippen LogP) is 3.70. The van der Waals surface area contributed by atoms with Gasteiger partial charge in [-0.2, -0.15) is 0 Å². The van der Waals surface area contributed by atoms with Crippen molar-refractivity contribution in [1.29, 1.82) is 0 Å². The molecule has 0 aliphatic carbocycles. The van der Waals surface area contributed by atoms with Gasteiger partial charge in [-0.05, 0) is 43.0 Å². The van der Waals surface area contributed by atoms with Gasteiger partial charge < -0.3 is 10.6 Å². The molecule has 4 nitrogen and oxygen atoms in total. The van der Waals surface area contributed by atoms with Gasteiger partial charge in [0.2, 0.25) is 5.91 Å². The van der Waals surface area contributed by atoms with E-state index in [0.29, 0.717) is 5.56 Å². The number of anilines is 1. The van der Waals surface area contributed by atoms with E-state index in [-0.39, 0.29) is 17.7 Å². The van der Waals surface area contributed by atoms with Gasteiger partial charge in [0.1, 0.15) is 6.04 Å². The first-order valence-corrected chi connectivity index (χ1v) is 8.13. The lowest BCUT2D eigenvalue weighted by atomic mass is 10.0. The summed E-state index contributed by atoms with van der Waals surface area (Å²) >= 11 is 0. The second kappa shape index (κ2) is 7.77. The van der Waals surface area contributed by atoms with E-state index in [1.165, 1.54) is 0 Å².